The number of guanidine groups is 1. The van der Waals surface area contributed by atoms with Crippen LogP contribution in [0, 0.1) is 0 Å². The molecule has 2 aromatic carbocycles. The molecule has 2 aliphatic rings. The first kappa shape index (κ1) is 28.1. The summed E-state index contributed by atoms with van der Waals surface area (Å²) in [6, 6.07) is 14.8. The van der Waals surface area contributed by atoms with E-state index in [9.17, 15) is 9.90 Å². The molecule has 206 valence electrons. The zero-order chi connectivity index (χ0) is 26.9. The first-order chi connectivity index (χ1) is 18.4. The molecule has 0 aliphatic carbocycles. The summed E-state index contributed by atoms with van der Waals surface area (Å²) in [5, 5.41) is 9.56. The van der Waals surface area contributed by atoms with Gasteiger partial charge in [-0.1, -0.05) is 19.4 Å². The number of aliphatic imine (C=N–C) groups is 1. The molecule has 8 nitrogen and oxygen atoms in total. The van der Waals surface area contributed by atoms with Crippen molar-refractivity contribution in [3.63, 3.8) is 0 Å². The van der Waals surface area contributed by atoms with Crippen LogP contribution in [0.1, 0.15) is 63.0 Å². The monoisotopic (exact) mass is 538 g/mol. The fourth-order valence-electron chi connectivity index (χ4n) is 5.28. The van der Waals surface area contributed by atoms with Gasteiger partial charge in [-0.2, -0.15) is 0 Å². The van der Waals surface area contributed by atoms with Gasteiger partial charge in [-0.3, -0.25) is 9.79 Å². The third-order valence-corrected chi connectivity index (χ3v) is 8.39. The molecule has 1 amide bonds. The van der Waals surface area contributed by atoms with E-state index < -0.39 is 0 Å². The van der Waals surface area contributed by atoms with Crippen molar-refractivity contribution >= 4 is 29.5 Å². The highest BCUT2D eigenvalue weighted by Gasteiger charge is 2.28. The maximum atomic E-state index is 12.7. The van der Waals surface area contributed by atoms with Crippen molar-refractivity contribution in [1.82, 2.24) is 9.21 Å². The zero-order valence-electron chi connectivity index (χ0n) is 22.5. The van der Waals surface area contributed by atoms with Crippen LogP contribution in [0.5, 0.6) is 5.75 Å². The van der Waals surface area contributed by atoms with Crippen LogP contribution in [0.3, 0.4) is 0 Å². The van der Waals surface area contributed by atoms with E-state index in [0.717, 1.165) is 76.1 Å². The van der Waals surface area contributed by atoms with Gasteiger partial charge in [0.15, 0.2) is 5.96 Å². The molecule has 0 saturated carbocycles. The van der Waals surface area contributed by atoms with Gasteiger partial charge in [0.2, 0.25) is 5.91 Å². The Labute approximate surface area is 231 Å². The number of nitrogens with zero attached hydrogens (tertiary/aromatic N) is 4. The Balaban J connectivity index is 1.32. The number of phenols is 1. The van der Waals surface area contributed by atoms with Gasteiger partial charge >= 0.3 is 0 Å². The van der Waals surface area contributed by atoms with E-state index in [4.69, 9.17) is 11.5 Å². The van der Waals surface area contributed by atoms with Crippen molar-refractivity contribution in [2.75, 3.05) is 31.1 Å². The molecule has 9 heteroatoms. The number of amides is 1. The van der Waals surface area contributed by atoms with E-state index in [1.54, 1.807) is 24.1 Å². The number of rotatable bonds is 12. The summed E-state index contributed by atoms with van der Waals surface area (Å²) >= 11 is 1.74. The number of nitrogens with two attached hydrogens (primary N) is 2. The predicted octanol–water partition coefficient (Wildman–Crippen LogP) is 4.46. The van der Waals surface area contributed by atoms with Crippen LogP contribution in [-0.2, 0) is 17.9 Å². The fraction of sp³-hybridized carbons (Fsp3) is 0.517. The molecule has 2 aromatic rings. The third-order valence-electron chi connectivity index (χ3n) is 7.39. The topological polar surface area (TPSA) is 111 Å². The number of unbranched alkanes of at least 4 members (excludes halogenated alkanes) is 2. The van der Waals surface area contributed by atoms with Gasteiger partial charge in [-0.25, -0.2) is 4.31 Å². The summed E-state index contributed by atoms with van der Waals surface area (Å²) in [4.78, 5) is 22.5. The summed E-state index contributed by atoms with van der Waals surface area (Å²) < 4.78 is 2.37. The number of hydrogen-bond acceptors (Lipinski definition) is 6. The van der Waals surface area contributed by atoms with Gasteiger partial charge in [-0.05, 0) is 91.6 Å². The van der Waals surface area contributed by atoms with Crippen molar-refractivity contribution in [1.29, 1.82) is 0 Å². The average molecular weight is 539 g/mol. The Morgan fingerprint density at radius 3 is 2.50 bits per heavy atom. The van der Waals surface area contributed by atoms with Crippen LogP contribution in [0.15, 0.2) is 52.4 Å². The van der Waals surface area contributed by atoms with Gasteiger partial charge in [0.25, 0.3) is 0 Å². The van der Waals surface area contributed by atoms with Gasteiger partial charge in [-0.15, -0.1) is 0 Å². The van der Waals surface area contributed by atoms with Gasteiger partial charge in [0.05, 0.1) is 0 Å². The number of hydrogen-bond donors (Lipinski definition) is 3. The molecule has 4 rings (SSSR count). The minimum atomic E-state index is 0.111. The van der Waals surface area contributed by atoms with Crippen molar-refractivity contribution < 1.29 is 9.90 Å². The number of carbonyl (C=O) groups excluding carboxylic acids is 1. The van der Waals surface area contributed by atoms with Crippen LogP contribution in [0.2, 0.25) is 0 Å². The number of likely N-dealkylation sites (tertiary alicyclic amines) is 1. The molecule has 1 fully saturated rings. The quantitative estimate of drug-likeness (QED) is 0.158. The minimum absolute atomic E-state index is 0.111. The lowest BCUT2D eigenvalue weighted by atomic mass is 10.00. The molecule has 1 saturated heterocycles. The third kappa shape index (κ3) is 7.80. The Hall–Kier alpha value is -2.91. The summed E-state index contributed by atoms with van der Waals surface area (Å²) in [6.45, 7) is 7.34. The van der Waals surface area contributed by atoms with Crippen LogP contribution in [0.4, 0.5) is 5.69 Å². The average Bonchev–Trinajstić information content (AvgIpc) is 3.32. The largest absolute Gasteiger partial charge is 0.508 e. The molecule has 0 aromatic heterocycles. The molecular weight excluding hydrogens is 496 g/mol. The number of anilines is 1. The van der Waals surface area contributed by atoms with E-state index in [-0.39, 0.29) is 11.9 Å². The Bertz CT molecular complexity index is 1080. The summed E-state index contributed by atoms with van der Waals surface area (Å²) in [5.74, 6) is 0.655. The highest BCUT2D eigenvalue weighted by Crippen LogP contribution is 2.36. The molecule has 0 bridgehead atoms. The highest BCUT2D eigenvalue weighted by atomic mass is 32.2. The minimum Gasteiger partial charge on any atom is -0.508 e. The van der Waals surface area contributed by atoms with Gasteiger partial charge in [0.1, 0.15) is 5.75 Å². The van der Waals surface area contributed by atoms with E-state index in [1.807, 2.05) is 17.0 Å². The summed E-state index contributed by atoms with van der Waals surface area (Å²) in [5.41, 5.74) is 14.8. The fourth-order valence-corrected chi connectivity index (χ4v) is 6.24. The van der Waals surface area contributed by atoms with E-state index >= 15 is 0 Å². The number of piperidine rings is 1. The standard InChI is InChI=1S/C29H42N6O2S/c1-2-3-16-35(24-13-17-33(18-14-24)28(37)6-4-5-15-32-29(30)31)25-8-7-22-20-34(21-23(22)19-25)38-27-11-9-26(36)10-12-27/h7-12,19,24,36H,2-6,13-18,20-21H2,1H3,(H4,30,31,32). The molecule has 38 heavy (non-hydrogen) atoms. The second kappa shape index (κ2) is 13.8. The zero-order valence-corrected chi connectivity index (χ0v) is 23.3. The number of phenolic OH excluding ortho intramolecular Hbond substituents is 1. The molecule has 2 heterocycles. The molecule has 2 aliphatic heterocycles. The lowest BCUT2D eigenvalue weighted by Crippen LogP contribution is -2.47. The van der Waals surface area contributed by atoms with Crippen LogP contribution in [0.25, 0.3) is 0 Å². The number of carbonyl (C=O) groups is 1. The molecular formula is C29H42N6O2S. The number of benzene rings is 2. The molecule has 0 spiro atoms. The lowest BCUT2D eigenvalue weighted by Gasteiger charge is -2.40. The second-order valence-corrected chi connectivity index (χ2v) is 11.4. The van der Waals surface area contributed by atoms with Gasteiger partial charge in [0, 0.05) is 62.3 Å². The van der Waals surface area contributed by atoms with Crippen molar-refractivity contribution in [3.8, 4) is 5.75 Å². The van der Waals surface area contributed by atoms with E-state index in [0.29, 0.717) is 24.8 Å². The Morgan fingerprint density at radius 2 is 1.79 bits per heavy atom. The first-order valence-corrected chi connectivity index (χ1v) is 14.6. The summed E-state index contributed by atoms with van der Waals surface area (Å²) in [7, 11) is 0. The van der Waals surface area contributed by atoms with Gasteiger partial charge < -0.3 is 26.4 Å². The van der Waals surface area contributed by atoms with Crippen molar-refractivity contribution in [3.05, 3.63) is 53.6 Å². The number of fused-ring (bicyclic) bond motifs is 1. The maximum Gasteiger partial charge on any atom is 0.222 e. The van der Waals surface area contributed by atoms with Crippen LogP contribution < -0.4 is 16.4 Å². The van der Waals surface area contributed by atoms with E-state index in [2.05, 4.69) is 39.3 Å². The first-order valence-electron chi connectivity index (χ1n) is 13.9. The van der Waals surface area contributed by atoms with Crippen molar-refractivity contribution in [2.24, 2.45) is 16.5 Å². The normalized spacial score (nSPS) is 15.9. The van der Waals surface area contributed by atoms with Crippen molar-refractivity contribution in [2.45, 2.75) is 75.9 Å². The SMILES string of the molecule is CCCCN(c1ccc2c(c1)CN(Sc1ccc(O)cc1)C2)C1CCN(C(=O)CCCCN=C(N)N)CC1. The predicted molar refractivity (Wildman–Crippen MR) is 156 cm³/mol. The highest BCUT2D eigenvalue weighted by molar-refractivity contribution is 7.97. The molecule has 5 N–H and O–H groups in total. The summed E-state index contributed by atoms with van der Waals surface area (Å²) in [6.07, 6.45) is 6.54. The second-order valence-electron chi connectivity index (χ2n) is 10.3. The van der Waals surface area contributed by atoms with Crippen LogP contribution >= 0.6 is 11.9 Å². The molecule has 0 atom stereocenters. The van der Waals surface area contributed by atoms with E-state index in [1.165, 1.54) is 16.8 Å². The Kier molecular flexibility index (Phi) is 10.2. The number of aromatic hydroxyl groups is 1. The lowest BCUT2D eigenvalue weighted by molar-refractivity contribution is -0.132. The maximum absolute atomic E-state index is 12.7. The Morgan fingerprint density at radius 1 is 1.05 bits per heavy atom. The molecule has 0 radical (unpaired) electrons. The molecule has 0 unspecified atom stereocenters. The smallest absolute Gasteiger partial charge is 0.222 e. The van der Waals surface area contributed by atoms with Crippen LogP contribution in [-0.4, -0.2) is 58.4 Å².